The van der Waals surface area contributed by atoms with Crippen LogP contribution in [0.3, 0.4) is 0 Å². The molecular weight excluding hydrogens is 516 g/mol. The maximum atomic E-state index is 13.2. The van der Waals surface area contributed by atoms with Crippen molar-refractivity contribution >= 4 is 23.5 Å². The van der Waals surface area contributed by atoms with Crippen LogP contribution in [0.5, 0.6) is 0 Å². The minimum absolute atomic E-state index is 0.0720. The molecular formula is C22H19F6N3O6. The van der Waals surface area contributed by atoms with Crippen molar-refractivity contribution in [2.45, 2.75) is 37.7 Å². The van der Waals surface area contributed by atoms with Crippen LogP contribution in [-0.2, 0) is 26.7 Å². The third kappa shape index (κ3) is 7.65. The third-order valence-electron chi connectivity index (χ3n) is 5.07. The molecule has 0 bridgehead atoms. The number of halogens is 6. The molecule has 0 fully saturated rings. The quantitative estimate of drug-likeness (QED) is 0.216. The van der Waals surface area contributed by atoms with E-state index in [0.29, 0.717) is 0 Å². The van der Waals surface area contributed by atoms with Crippen molar-refractivity contribution in [2.75, 3.05) is 6.61 Å². The highest BCUT2D eigenvalue weighted by Crippen LogP contribution is 2.36. The molecule has 0 aliphatic carbocycles. The van der Waals surface area contributed by atoms with Crippen LogP contribution in [0.1, 0.15) is 46.3 Å². The number of benzene rings is 2. The summed E-state index contributed by atoms with van der Waals surface area (Å²) < 4.78 is 83.9. The minimum atomic E-state index is -5.23. The van der Waals surface area contributed by atoms with Gasteiger partial charge in [0, 0.05) is 23.6 Å². The van der Waals surface area contributed by atoms with Gasteiger partial charge in [-0.1, -0.05) is 12.1 Å². The van der Waals surface area contributed by atoms with Crippen molar-refractivity contribution in [1.29, 1.82) is 0 Å². The summed E-state index contributed by atoms with van der Waals surface area (Å²) in [6.45, 7) is 1.39. The van der Waals surface area contributed by atoms with Crippen molar-refractivity contribution < 1.29 is 50.4 Å². The zero-order valence-electron chi connectivity index (χ0n) is 18.9. The number of hydrogen-bond donors (Lipinski definition) is 2. The molecule has 0 saturated carbocycles. The van der Waals surface area contributed by atoms with Crippen LogP contribution >= 0.6 is 0 Å². The number of alkyl halides is 6. The van der Waals surface area contributed by atoms with Gasteiger partial charge in [-0.15, -0.1) is 0 Å². The smallest absolute Gasteiger partial charge is 0.416 e. The maximum Gasteiger partial charge on any atom is 0.416 e. The molecule has 9 nitrogen and oxygen atoms in total. The molecule has 0 radical (unpaired) electrons. The lowest BCUT2D eigenvalue weighted by atomic mass is 9.87. The first kappa shape index (κ1) is 29.1. The Kier molecular flexibility index (Phi) is 8.85. The topological polar surface area (TPSA) is 142 Å². The molecule has 0 heterocycles. The lowest BCUT2D eigenvalue weighted by molar-refractivity contribution is -0.384. The summed E-state index contributed by atoms with van der Waals surface area (Å²) in [6.07, 6.45) is -11.1. The van der Waals surface area contributed by atoms with E-state index in [9.17, 15) is 50.8 Å². The lowest BCUT2D eigenvalue weighted by Gasteiger charge is -2.26. The van der Waals surface area contributed by atoms with E-state index in [4.69, 9.17) is 10.5 Å². The molecule has 2 aromatic rings. The van der Waals surface area contributed by atoms with E-state index in [0.717, 1.165) is 24.3 Å². The number of primary amides is 1. The number of nitrogens with one attached hydrogen (secondary N) is 1. The first-order valence-electron chi connectivity index (χ1n) is 10.3. The Hall–Kier alpha value is -4.17. The van der Waals surface area contributed by atoms with Crippen molar-refractivity contribution in [3.63, 3.8) is 0 Å². The van der Waals surface area contributed by atoms with Crippen molar-refractivity contribution in [3.8, 4) is 0 Å². The number of ether oxygens (including phenoxy) is 1. The number of nitro benzene ring substituents is 1. The van der Waals surface area contributed by atoms with E-state index < -0.39 is 70.1 Å². The van der Waals surface area contributed by atoms with Crippen LogP contribution < -0.4 is 11.1 Å². The third-order valence-corrected chi connectivity index (χ3v) is 5.07. The molecule has 0 unspecified atom stereocenters. The number of carbonyl (C=O) groups is 3. The fraction of sp³-hybridized carbons (Fsp3) is 0.318. The Morgan fingerprint density at radius 1 is 1.00 bits per heavy atom. The van der Waals surface area contributed by atoms with E-state index >= 15 is 0 Å². The standard InChI is InChI=1S/C22H19F6N3O6/c1-2-37-17(32)10-16(11-3-5-15(6-4-11)31(35)36)18(19(29)33)30-20(34)12-7-13(21(23,24)25)9-14(8-12)22(26,27)28/h3-9,16,18H,2,10H2,1H3,(H2,29,33)(H,30,34)/t16-,18-/m1/s1. The highest BCUT2D eigenvalue weighted by molar-refractivity contribution is 5.98. The fourth-order valence-electron chi connectivity index (χ4n) is 3.35. The number of hydrogen-bond acceptors (Lipinski definition) is 6. The van der Waals surface area contributed by atoms with Gasteiger partial charge in [-0.3, -0.25) is 24.5 Å². The molecule has 0 aromatic heterocycles. The number of nitro groups is 1. The molecule has 15 heteroatoms. The van der Waals surface area contributed by atoms with Crippen LogP contribution in [-0.4, -0.2) is 35.4 Å². The summed E-state index contributed by atoms with van der Waals surface area (Å²) in [7, 11) is 0. The Labute approximate surface area is 204 Å². The molecule has 2 rings (SSSR count). The number of non-ortho nitro benzene ring substituents is 1. The van der Waals surface area contributed by atoms with Gasteiger partial charge in [-0.2, -0.15) is 26.3 Å². The second-order valence-corrected chi connectivity index (χ2v) is 7.61. The molecule has 2 amide bonds. The molecule has 2 atom stereocenters. The van der Waals surface area contributed by atoms with Crippen LogP contribution in [0, 0.1) is 10.1 Å². The summed E-state index contributed by atoms with van der Waals surface area (Å²) in [5.74, 6) is -5.03. The molecule has 0 aliphatic rings. The monoisotopic (exact) mass is 535 g/mol. The van der Waals surface area contributed by atoms with Gasteiger partial charge in [0.2, 0.25) is 5.91 Å². The highest BCUT2D eigenvalue weighted by Gasteiger charge is 2.38. The second kappa shape index (κ2) is 11.3. The predicted octanol–water partition coefficient (Wildman–Crippen LogP) is 3.95. The van der Waals surface area contributed by atoms with Gasteiger partial charge in [0.1, 0.15) is 6.04 Å². The number of carbonyl (C=O) groups excluding carboxylic acids is 3. The van der Waals surface area contributed by atoms with E-state index in [-0.39, 0.29) is 36.1 Å². The van der Waals surface area contributed by atoms with Crippen molar-refractivity contribution in [3.05, 3.63) is 74.8 Å². The van der Waals surface area contributed by atoms with Crippen LogP contribution in [0.25, 0.3) is 0 Å². The first-order chi connectivity index (χ1) is 17.0. The predicted molar refractivity (Wildman–Crippen MR) is 114 cm³/mol. The Morgan fingerprint density at radius 3 is 1.92 bits per heavy atom. The van der Waals surface area contributed by atoms with Gasteiger partial charge in [-0.05, 0) is 30.7 Å². The van der Waals surface area contributed by atoms with Crippen LogP contribution in [0.4, 0.5) is 32.0 Å². The number of rotatable bonds is 9. The van der Waals surface area contributed by atoms with Gasteiger partial charge in [0.05, 0.1) is 29.1 Å². The van der Waals surface area contributed by atoms with Gasteiger partial charge < -0.3 is 15.8 Å². The maximum absolute atomic E-state index is 13.2. The average molecular weight is 535 g/mol. The molecule has 2 aromatic carbocycles. The lowest BCUT2D eigenvalue weighted by Crippen LogP contribution is -2.48. The van der Waals surface area contributed by atoms with E-state index in [1.54, 1.807) is 0 Å². The summed E-state index contributed by atoms with van der Waals surface area (Å²) >= 11 is 0. The normalized spacial score (nSPS) is 13.4. The summed E-state index contributed by atoms with van der Waals surface area (Å²) in [5.41, 5.74) is 0.464. The number of esters is 1. The number of nitrogens with zero attached hydrogens (tertiary/aromatic N) is 1. The van der Waals surface area contributed by atoms with Gasteiger partial charge >= 0.3 is 18.3 Å². The van der Waals surface area contributed by atoms with Crippen LogP contribution in [0.2, 0.25) is 0 Å². The summed E-state index contributed by atoms with van der Waals surface area (Å²) in [4.78, 5) is 47.3. The zero-order valence-corrected chi connectivity index (χ0v) is 18.9. The van der Waals surface area contributed by atoms with E-state index in [2.05, 4.69) is 0 Å². The molecule has 3 N–H and O–H groups in total. The minimum Gasteiger partial charge on any atom is -0.466 e. The van der Waals surface area contributed by atoms with E-state index in [1.165, 1.54) is 6.92 Å². The van der Waals surface area contributed by atoms with Crippen LogP contribution in [0.15, 0.2) is 42.5 Å². The SMILES string of the molecule is CCOC(=O)C[C@H](c1ccc([N+](=O)[O-])cc1)[C@@H](NC(=O)c1cc(C(F)(F)F)cc(C(F)(F)F)c1)C(N)=O. The van der Waals surface area contributed by atoms with Crippen molar-refractivity contribution in [2.24, 2.45) is 5.73 Å². The molecule has 200 valence electrons. The Balaban J connectivity index is 2.53. The molecule has 0 aliphatic heterocycles. The Bertz CT molecular complexity index is 1150. The fourth-order valence-corrected chi connectivity index (χ4v) is 3.35. The van der Waals surface area contributed by atoms with Crippen molar-refractivity contribution in [1.82, 2.24) is 5.32 Å². The second-order valence-electron chi connectivity index (χ2n) is 7.61. The first-order valence-corrected chi connectivity index (χ1v) is 10.3. The van der Waals surface area contributed by atoms with Gasteiger partial charge in [0.15, 0.2) is 0 Å². The molecule has 0 saturated heterocycles. The van der Waals surface area contributed by atoms with E-state index in [1.807, 2.05) is 5.32 Å². The number of nitrogens with two attached hydrogens (primary N) is 1. The largest absolute Gasteiger partial charge is 0.466 e. The highest BCUT2D eigenvalue weighted by atomic mass is 19.4. The zero-order chi connectivity index (χ0) is 28.1. The summed E-state index contributed by atoms with van der Waals surface area (Å²) in [6, 6.07) is 2.66. The van der Waals surface area contributed by atoms with Gasteiger partial charge in [-0.25, -0.2) is 0 Å². The molecule has 37 heavy (non-hydrogen) atoms. The Morgan fingerprint density at radius 2 is 1.51 bits per heavy atom. The number of amides is 2. The molecule has 0 spiro atoms. The average Bonchev–Trinajstić information content (AvgIpc) is 2.79. The summed E-state index contributed by atoms with van der Waals surface area (Å²) in [5, 5.41) is 12.9. The van der Waals surface area contributed by atoms with Gasteiger partial charge in [0.25, 0.3) is 11.6 Å².